The van der Waals surface area contributed by atoms with Crippen molar-refractivity contribution in [1.29, 1.82) is 0 Å². The van der Waals surface area contributed by atoms with Gasteiger partial charge in [0.15, 0.2) is 0 Å². The number of carbonyl (C=O) groups excluding carboxylic acids is 2. The smallest absolute Gasteiger partial charge is 0.307 e. The van der Waals surface area contributed by atoms with Crippen molar-refractivity contribution >= 4 is 22.8 Å². The molecule has 0 saturated carbocycles. The van der Waals surface area contributed by atoms with Gasteiger partial charge in [-0.3, -0.25) is 9.59 Å². The molecule has 144 valence electrons. The predicted octanol–water partition coefficient (Wildman–Crippen LogP) is 4.01. The molecule has 2 aromatic carbocycles. The lowest BCUT2D eigenvalue weighted by Crippen LogP contribution is -2.34. The molecule has 1 N–H and O–H groups in total. The predicted molar refractivity (Wildman–Crippen MR) is 108 cm³/mol. The highest BCUT2D eigenvalue weighted by atomic mass is 16.5. The number of carbonyl (C=O) groups is 2. The first kappa shape index (κ1) is 18.3. The number of amides is 1. The molecule has 2 heterocycles. The summed E-state index contributed by atoms with van der Waals surface area (Å²) in [7, 11) is 0. The maximum absolute atomic E-state index is 12.9. The molecule has 1 aliphatic heterocycles. The van der Waals surface area contributed by atoms with E-state index in [2.05, 4.69) is 4.98 Å². The second kappa shape index (κ2) is 8.30. The lowest BCUT2D eigenvalue weighted by atomic mass is 10.1. The number of para-hydroxylation sites is 1. The highest BCUT2D eigenvalue weighted by Crippen LogP contribution is 2.24. The van der Waals surface area contributed by atoms with Gasteiger partial charge in [-0.2, -0.15) is 0 Å². The van der Waals surface area contributed by atoms with E-state index in [9.17, 15) is 9.59 Å². The van der Waals surface area contributed by atoms with Gasteiger partial charge in [0.05, 0.1) is 0 Å². The number of nitrogens with one attached hydrogen (secondary N) is 1. The van der Waals surface area contributed by atoms with E-state index in [-0.39, 0.29) is 18.3 Å². The number of hydrogen-bond acceptors (Lipinski definition) is 3. The summed E-state index contributed by atoms with van der Waals surface area (Å²) in [4.78, 5) is 30.5. The van der Waals surface area contributed by atoms with Crippen molar-refractivity contribution in [3.8, 4) is 0 Å². The van der Waals surface area contributed by atoms with E-state index in [1.165, 1.54) is 0 Å². The van der Waals surface area contributed by atoms with Crippen LogP contribution < -0.4 is 0 Å². The van der Waals surface area contributed by atoms with Crippen molar-refractivity contribution in [2.24, 2.45) is 0 Å². The van der Waals surface area contributed by atoms with Gasteiger partial charge in [0.25, 0.3) is 5.91 Å². The summed E-state index contributed by atoms with van der Waals surface area (Å²) < 4.78 is 5.68. The van der Waals surface area contributed by atoms with Crippen LogP contribution in [0.1, 0.15) is 36.5 Å². The van der Waals surface area contributed by atoms with Crippen LogP contribution in [0.3, 0.4) is 0 Å². The number of aryl methyl sites for hydroxylation is 1. The lowest BCUT2D eigenvalue weighted by Gasteiger charge is -2.23. The van der Waals surface area contributed by atoms with Gasteiger partial charge in [0, 0.05) is 42.2 Å². The zero-order valence-corrected chi connectivity index (χ0v) is 15.8. The monoisotopic (exact) mass is 376 g/mol. The Bertz CT molecular complexity index is 958. The Labute approximate surface area is 164 Å². The van der Waals surface area contributed by atoms with Gasteiger partial charge in [-0.05, 0) is 30.9 Å². The number of H-pyrrole nitrogens is 1. The van der Waals surface area contributed by atoms with Crippen molar-refractivity contribution in [2.45, 2.75) is 31.8 Å². The molecule has 1 saturated heterocycles. The molecule has 0 unspecified atom stereocenters. The molecular formula is C23H24N2O3. The van der Waals surface area contributed by atoms with Crippen molar-refractivity contribution in [1.82, 2.24) is 9.88 Å². The van der Waals surface area contributed by atoms with Gasteiger partial charge < -0.3 is 14.6 Å². The fraction of sp³-hybridized carbons (Fsp3) is 0.304. The van der Waals surface area contributed by atoms with Gasteiger partial charge in [0.1, 0.15) is 0 Å². The summed E-state index contributed by atoms with van der Waals surface area (Å²) in [6, 6.07) is 17.3. The summed E-state index contributed by atoms with van der Waals surface area (Å²) in [6.07, 6.45) is 3.88. The van der Waals surface area contributed by atoms with E-state index in [0.717, 1.165) is 48.0 Å². The minimum atomic E-state index is -0.866. The SMILES string of the molecule is O=C(CCc1c[nH]c2ccccc12)O[C@H](C(=O)N1CCCC1)c1ccccc1. The van der Waals surface area contributed by atoms with Crippen LogP contribution in [0.4, 0.5) is 0 Å². The zero-order valence-electron chi connectivity index (χ0n) is 15.8. The Hall–Kier alpha value is -3.08. The van der Waals surface area contributed by atoms with E-state index in [4.69, 9.17) is 4.74 Å². The molecule has 1 fully saturated rings. The Balaban J connectivity index is 1.45. The number of ether oxygens (including phenoxy) is 1. The third kappa shape index (κ3) is 3.93. The summed E-state index contributed by atoms with van der Waals surface area (Å²) in [5.41, 5.74) is 2.85. The van der Waals surface area contributed by atoms with Crippen molar-refractivity contribution in [3.63, 3.8) is 0 Å². The first-order valence-electron chi connectivity index (χ1n) is 9.80. The Morgan fingerprint density at radius 2 is 1.71 bits per heavy atom. The van der Waals surface area contributed by atoms with Crippen molar-refractivity contribution < 1.29 is 14.3 Å². The van der Waals surface area contributed by atoms with Crippen LogP contribution in [0.2, 0.25) is 0 Å². The normalized spacial score (nSPS) is 14.9. The van der Waals surface area contributed by atoms with Crippen LogP contribution in [-0.2, 0) is 20.7 Å². The number of esters is 1. The number of rotatable bonds is 6. The highest BCUT2D eigenvalue weighted by molar-refractivity contribution is 5.86. The van der Waals surface area contributed by atoms with Crippen molar-refractivity contribution in [3.05, 3.63) is 71.9 Å². The number of hydrogen-bond donors (Lipinski definition) is 1. The number of aromatic nitrogens is 1. The van der Waals surface area contributed by atoms with E-state index >= 15 is 0 Å². The van der Waals surface area contributed by atoms with Crippen molar-refractivity contribution in [2.75, 3.05) is 13.1 Å². The van der Waals surface area contributed by atoms with Crippen LogP contribution in [0.5, 0.6) is 0 Å². The number of likely N-dealkylation sites (tertiary alicyclic amines) is 1. The standard InChI is InChI=1S/C23H24N2O3/c26-21(13-12-18-16-24-20-11-5-4-10-19(18)20)28-22(17-8-2-1-3-9-17)23(27)25-14-6-7-15-25/h1-5,8-11,16,22,24H,6-7,12-15H2/t22-/m0/s1. The maximum Gasteiger partial charge on any atom is 0.307 e. The molecule has 5 heteroatoms. The molecule has 0 spiro atoms. The third-order valence-electron chi connectivity index (χ3n) is 5.27. The second-order valence-corrected chi connectivity index (χ2v) is 7.17. The molecule has 0 bridgehead atoms. The molecule has 0 radical (unpaired) electrons. The summed E-state index contributed by atoms with van der Waals surface area (Å²) in [5, 5.41) is 1.11. The fourth-order valence-corrected chi connectivity index (χ4v) is 3.76. The lowest BCUT2D eigenvalue weighted by molar-refractivity contribution is -0.160. The first-order chi connectivity index (χ1) is 13.7. The van der Waals surface area contributed by atoms with Gasteiger partial charge >= 0.3 is 5.97 Å². The summed E-state index contributed by atoms with van der Waals surface area (Å²) in [6.45, 7) is 1.46. The van der Waals surface area contributed by atoms with Crippen LogP contribution in [-0.4, -0.2) is 34.8 Å². The fourth-order valence-electron chi connectivity index (χ4n) is 3.76. The minimum Gasteiger partial charge on any atom is -0.447 e. The van der Waals surface area contributed by atoms with Gasteiger partial charge in [-0.15, -0.1) is 0 Å². The number of aromatic amines is 1. The molecule has 28 heavy (non-hydrogen) atoms. The molecule has 1 amide bonds. The molecule has 1 aromatic heterocycles. The molecule has 5 nitrogen and oxygen atoms in total. The van der Waals surface area contributed by atoms with Gasteiger partial charge in [-0.25, -0.2) is 0 Å². The molecular weight excluding hydrogens is 352 g/mol. The first-order valence-corrected chi connectivity index (χ1v) is 9.80. The van der Waals surface area contributed by atoms with E-state index in [1.807, 2.05) is 60.8 Å². The Kier molecular flexibility index (Phi) is 5.42. The Morgan fingerprint density at radius 3 is 2.50 bits per heavy atom. The van der Waals surface area contributed by atoms with E-state index in [1.54, 1.807) is 4.90 Å². The Morgan fingerprint density at radius 1 is 1.00 bits per heavy atom. The number of fused-ring (bicyclic) bond motifs is 1. The average molecular weight is 376 g/mol. The van der Waals surface area contributed by atoms with E-state index < -0.39 is 6.10 Å². The maximum atomic E-state index is 12.9. The molecule has 1 atom stereocenters. The van der Waals surface area contributed by atoms with Gasteiger partial charge in [0.2, 0.25) is 6.10 Å². The van der Waals surface area contributed by atoms with Crippen LogP contribution >= 0.6 is 0 Å². The highest BCUT2D eigenvalue weighted by Gasteiger charge is 2.30. The molecule has 3 aromatic rings. The molecule has 4 rings (SSSR count). The minimum absolute atomic E-state index is 0.121. The third-order valence-corrected chi connectivity index (χ3v) is 5.27. The average Bonchev–Trinajstić information content (AvgIpc) is 3.41. The molecule has 0 aliphatic carbocycles. The zero-order chi connectivity index (χ0) is 19.3. The van der Waals surface area contributed by atoms with Crippen LogP contribution in [0.25, 0.3) is 10.9 Å². The molecule has 1 aliphatic rings. The van der Waals surface area contributed by atoms with Crippen LogP contribution in [0.15, 0.2) is 60.8 Å². The topological polar surface area (TPSA) is 62.4 Å². The largest absolute Gasteiger partial charge is 0.447 e. The number of nitrogens with zero attached hydrogens (tertiary/aromatic N) is 1. The van der Waals surface area contributed by atoms with E-state index in [0.29, 0.717) is 6.42 Å². The summed E-state index contributed by atoms with van der Waals surface area (Å²) in [5.74, 6) is -0.476. The van der Waals surface area contributed by atoms with Gasteiger partial charge in [-0.1, -0.05) is 48.5 Å². The quantitative estimate of drug-likeness (QED) is 0.661. The number of benzene rings is 2. The second-order valence-electron chi connectivity index (χ2n) is 7.17. The summed E-state index contributed by atoms with van der Waals surface area (Å²) >= 11 is 0. The van der Waals surface area contributed by atoms with Crippen LogP contribution in [0, 0.1) is 0 Å².